The number of benzene rings is 1. The SMILES string of the molecule is CCOc1ccc(NC(=O)C(=O)N2CCCCC2C)cc1. The van der Waals surface area contributed by atoms with E-state index in [1.54, 1.807) is 29.2 Å². The molecule has 0 aromatic heterocycles. The highest BCUT2D eigenvalue weighted by atomic mass is 16.5. The Morgan fingerprint density at radius 1 is 1.29 bits per heavy atom. The first kappa shape index (κ1) is 15.4. The number of anilines is 1. The molecule has 1 aliphatic heterocycles. The summed E-state index contributed by atoms with van der Waals surface area (Å²) in [4.78, 5) is 25.9. The summed E-state index contributed by atoms with van der Waals surface area (Å²) in [5.41, 5.74) is 0.599. The van der Waals surface area contributed by atoms with Gasteiger partial charge in [0.2, 0.25) is 0 Å². The molecule has 5 nitrogen and oxygen atoms in total. The molecule has 1 N–H and O–H groups in total. The van der Waals surface area contributed by atoms with Gasteiger partial charge in [0.25, 0.3) is 0 Å². The van der Waals surface area contributed by atoms with Gasteiger partial charge in [0, 0.05) is 18.3 Å². The molecule has 2 amide bonds. The Labute approximate surface area is 125 Å². The number of hydrogen-bond acceptors (Lipinski definition) is 3. The zero-order valence-electron chi connectivity index (χ0n) is 12.6. The van der Waals surface area contributed by atoms with Gasteiger partial charge in [-0.1, -0.05) is 0 Å². The van der Waals surface area contributed by atoms with Gasteiger partial charge in [0.15, 0.2) is 0 Å². The van der Waals surface area contributed by atoms with E-state index in [4.69, 9.17) is 4.74 Å². The van der Waals surface area contributed by atoms with Crippen molar-refractivity contribution < 1.29 is 14.3 Å². The third-order valence-electron chi connectivity index (χ3n) is 3.68. The molecule has 0 saturated carbocycles. The Bertz CT molecular complexity index is 499. The number of nitrogens with one attached hydrogen (secondary N) is 1. The van der Waals surface area contributed by atoms with Gasteiger partial charge in [-0.15, -0.1) is 0 Å². The van der Waals surface area contributed by atoms with E-state index >= 15 is 0 Å². The minimum atomic E-state index is -0.576. The summed E-state index contributed by atoms with van der Waals surface area (Å²) in [5, 5.41) is 2.64. The molecule has 1 saturated heterocycles. The molecular weight excluding hydrogens is 268 g/mol. The number of piperidine rings is 1. The lowest BCUT2D eigenvalue weighted by Crippen LogP contribution is -2.47. The monoisotopic (exact) mass is 290 g/mol. The van der Waals surface area contributed by atoms with Crippen molar-refractivity contribution in [3.63, 3.8) is 0 Å². The Balaban J connectivity index is 1.95. The first-order valence-corrected chi connectivity index (χ1v) is 7.46. The largest absolute Gasteiger partial charge is 0.494 e. The average molecular weight is 290 g/mol. The zero-order chi connectivity index (χ0) is 15.2. The van der Waals surface area contributed by atoms with Gasteiger partial charge in [-0.3, -0.25) is 9.59 Å². The maximum Gasteiger partial charge on any atom is 0.313 e. The maximum absolute atomic E-state index is 12.2. The lowest BCUT2D eigenvalue weighted by Gasteiger charge is -2.32. The number of ether oxygens (including phenoxy) is 1. The van der Waals surface area contributed by atoms with Crippen LogP contribution in [0.2, 0.25) is 0 Å². The highest BCUT2D eigenvalue weighted by molar-refractivity contribution is 6.39. The van der Waals surface area contributed by atoms with E-state index in [0.717, 1.165) is 25.0 Å². The Morgan fingerprint density at radius 2 is 2.00 bits per heavy atom. The van der Waals surface area contributed by atoms with Gasteiger partial charge < -0.3 is 15.0 Å². The van der Waals surface area contributed by atoms with E-state index in [1.165, 1.54) is 0 Å². The predicted octanol–water partition coefficient (Wildman–Crippen LogP) is 2.42. The van der Waals surface area contributed by atoms with Crippen LogP contribution in [0.1, 0.15) is 33.1 Å². The van der Waals surface area contributed by atoms with Gasteiger partial charge >= 0.3 is 11.8 Å². The van der Waals surface area contributed by atoms with Gasteiger partial charge in [-0.25, -0.2) is 0 Å². The summed E-state index contributed by atoms with van der Waals surface area (Å²) in [6.45, 7) is 5.16. The van der Waals surface area contributed by atoms with Gasteiger partial charge in [-0.05, 0) is 57.4 Å². The van der Waals surface area contributed by atoms with E-state index in [1.807, 2.05) is 13.8 Å². The maximum atomic E-state index is 12.2. The van der Waals surface area contributed by atoms with Crippen LogP contribution in [-0.2, 0) is 9.59 Å². The van der Waals surface area contributed by atoms with Crippen LogP contribution < -0.4 is 10.1 Å². The van der Waals surface area contributed by atoms with Crippen LogP contribution in [0.4, 0.5) is 5.69 Å². The van der Waals surface area contributed by atoms with Crippen LogP contribution in [0.25, 0.3) is 0 Å². The molecule has 0 spiro atoms. The molecule has 1 heterocycles. The smallest absolute Gasteiger partial charge is 0.313 e. The van der Waals surface area contributed by atoms with Crippen molar-refractivity contribution in [3.05, 3.63) is 24.3 Å². The van der Waals surface area contributed by atoms with Crippen LogP contribution in [0.3, 0.4) is 0 Å². The van der Waals surface area contributed by atoms with Crippen LogP contribution in [-0.4, -0.2) is 35.9 Å². The molecule has 2 rings (SSSR count). The van der Waals surface area contributed by atoms with Crippen molar-refractivity contribution in [1.82, 2.24) is 4.90 Å². The summed E-state index contributed by atoms with van der Waals surface area (Å²) >= 11 is 0. The van der Waals surface area contributed by atoms with Crippen LogP contribution >= 0.6 is 0 Å². The third-order valence-corrected chi connectivity index (χ3v) is 3.68. The molecular formula is C16H22N2O3. The molecule has 114 valence electrons. The van der Waals surface area contributed by atoms with E-state index in [0.29, 0.717) is 18.8 Å². The summed E-state index contributed by atoms with van der Waals surface area (Å²) in [7, 11) is 0. The molecule has 0 bridgehead atoms. The number of amides is 2. The lowest BCUT2D eigenvalue weighted by atomic mass is 10.0. The molecule has 0 aliphatic carbocycles. The Morgan fingerprint density at radius 3 is 2.62 bits per heavy atom. The standard InChI is InChI=1S/C16H22N2O3/c1-3-21-14-9-7-13(8-10-14)17-15(19)16(20)18-11-5-4-6-12(18)2/h7-10,12H,3-6,11H2,1-2H3,(H,17,19). The lowest BCUT2D eigenvalue weighted by molar-refractivity contribution is -0.145. The topological polar surface area (TPSA) is 58.6 Å². The molecule has 1 atom stereocenters. The second-order valence-electron chi connectivity index (χ2n) is 5.25. The molecule has 21 heavy (non-hydrogen) atoms. The van der Waals surface area contributed by atoms with Crippen molar-refractivity contribution in [2.45, 2.75) is 39.2 Å². The summed E-state index contributed by atoms with van der Waals surface area (Å²) < 4.78 is 5.33. The second kappa shape index (κ2) is 7.11. The minimum absolute atomic E-state index is 0.136. The van der Waals surface area contributed by atoms with Gasteiger partial charge in [-0.2, -0.15) is 0 Å². The van der Waals surface area contributed by atoms with Gasteiger partial charge in [0.1, 0.15) is 5.75 Å². The summed E-state index contributed by atoms with van der Waals surface area (Å²) in [5.74, 6) is -0.282. The number of carbonyl (C=O) groups excluding carboxylic acids is 2. The predicted molar refractivity (Wildman–Crippen MR) is 81.3 cm³/mol. The fourth-order valence-corrected chi connectivity index (χ4v) is 2.52. The quantitative estimate of drug-likeness (QED) is 0.870. The number of carbonyl (C=O) groups is 2. The molecule has 5 heteroatoms. The number of rotatable bonds is 3. The molecule has 0 radical (unpaired) electrons. The Kier molecular flexibility index (Phi) is 5.20. The first-order valence-electron chi connectivity index (χ1n) is 7.46. The van der Waals surface area contributed by atoms with Gasteiger partial charge in [0.05, 0.1) is 6.61 Å². The number of nitrogens with zero attached hydrogens (tertiary/aromatic N) is 1. The van der Waals surface area contributed by atoms with E-state index in [-0.39, 0.29) is 6.04 Å². The molecule has 1 fully saturated rings. The van der Waals surface area contributed by atoms with Crippen LogP contribution in [0.5, 0.6) is 5.75 Å². The highest BCUT2D eigenvalue weighted by Crippen LogP contribution is 2.18. The Hall–Kier alpha value is -2.04. The van der Waals surface area contributed by atoms with Crippen LogP contribution in [0, 0.1) is 0 Å². The fourth-order valence-electron chi connectivity index (χ4n) is 2.52. The first-order chi connectivity index (χ1) is 10.1. The minimum Gasteiger partial charge on any atom is -0.494 e. The molecule has 1 aliphatic rings. The van der Waals surface area contributed by atoms with Crippen molar-refractivity contribution in [3.8, 4) is 5.75 Å². The number of likely N-dealkylation sites (tertiary alicyclic amines) is 1. The average Bonchev–Trinajstić information content (AvgIpc) is 2.49. The van der Waals surface area contributed by atoms with Crippen molar-refractivity contribution in [2.24, 2.45) is 0 Å². The molecule has 1 aromatic carbocycles. The normalized spacial score (nSPS) is 18.2. The highest BCUT2D eigenvalue weighted by Gasteiger charge is 2.28. The van der Waals surface area contributed by atoms with Crippen molar-refractivity contribution >= 4 is 17.5 Å². The summed E-state index contributed by atoms with van der Waals surface area (Å²) in [6, 6.07) is 7.14. The zero-order valence-corrected chi connectivity index (χ0v) is 12.6. The van der Waals surface area contributed by atoms with E-state index in [2.05, 4.69) is 5.32 Å². The van der Waals surface area contributed by atoms with Crippen molar-refractivity contribution in [2.75, 3.05) is 18.5 Å². The summed E-state index contributed by atoms with van der Waals surface area (Å²) in [6.07, 6.45) is 3.04. The van der Waals surface area contributed by atoms with Crippen LogP contribution in [0.15, 0.2) is 24.3 Å². The van der Waals surface area contributed by atoms with E-state index in [9.17, 15) is 9.59 Å². The van der Waals surface area contributed by atoms with E-state index < -0.39 is 11.8 Å². The molecule has 1 aromatic rings. The third kappa shape index (κ3) is 3.97. The second-order valence-corrected chi connectivity index (χ2v) is 5.25. The fraction of sp³-hybridized carbons (Fsp3) is 0.500. The number of hydrogen-bond donors (Lipinski definition) is 1. The van der Waals surface area contributed by atoms with Crippen molar-refractivity contribution in [1.29, 1.82) is 0 Å². The molecule has 1 unspecified atom stereocenters.